The van der Waals surface area contributed by atoms with Crippen molar-refractivity contribution in [3.63, 3.8) is 0 Å². The van der Waals surface area contributed by atoms with Crippen LogP contribution in [0.5, 0.6) is 0 Å². The first-order valence-electron chi connectivity index (χ1n) is 8.01. The topological polar surface area (TPSA) is 43.8 Å². The smallest absolute Gasteiger partial charge is 0.235 e. The minimum absolute atomic E-state index is 0.0613. The van der Waals surface area contributed by atoms with Crippen LogP contribution >= 0.6 is 11.8 Å². The van der Waals surface area contributed by atoms with Gasteiger partial charge in [-0.1, -0.05) is 25.1 Å². The number of rotatable bonds is 6. The fraction of sp³-hybridized carbons (Fsp3) is 0.588. The lowest BCUT2D eigenvalue weighted by molar-refractivity contribution is -0.132. The number of hydrogen-bond acceptors (Lipinski definition) is 4. The fourth-order valence-electron chi connectivity index (χ4n) is 2.82. The molecule has 1 N–H and O–H groups in total. The standard InChI is InChI=1S/C17H26N2O2S/c1-3-15(13-20)18-9-11-19(12-10-18)17(21)14(2)22-16-7-5-4-6-8-16/h4-8,14-15,20H,3,9-13H2,1-2H3. The molecule has 0 aliphatic carbocycles. The zero-order chi connectivity index (χ0) is 15.9. The van der Waals surface area contributed by atoms with Gasteiger partial charge in [-0.3, -0.25) is 9.69 Å². The Kier molecular flexibility index (Phi) is 6.73. The highest BCUT2D eigenvalue weighted by atomic mass is 32.2. The lowest BCUT2D eigenvalue weighted by Crippen LogP contribution is -2.54. The molecule has 1 aromatic rings. The Morgan fingerprint density at radius 3 is 2.41 bits per heavy atom. The van der Waals surface area contributed by atoms with Crippen LogP contribution in [0.3, 0.4) is 0 Å². The van der Waals surface area contributed by atoms with Crippen LogP contribution < -0.4 is 0 Å². The number of piperazine rings is 1. The Bertz CT molecular complexity index is 457. The number of aliphatic hydroxyl groups excluding tert-OH is 1. The number of nitrogens with zero attached hydrogens (tertiary/aromatic N) is 2. The number of aliphatic hydroxyl groups is 1. The Labute approximate surface area is 137 Å². The molecule has 22 heavy (non-hydrogen) atoms. The lowest BCUT2D eigenvalue weighted by atomic mass is 10.1. The van der Waals surface area contributed by atoms with E-state index in [0.717, 1.165) is 37.5 Å². The maximum Gasteiger partial charge on any atom is 0.235 e. The normalized spacial score (nSPS) is 19.0. The van der Waals surface area contributed by atoms with Crippen molar-refractivity contribution >= 4 is 17.7 Å². The summed E-state index contributed by atoms with van der Waals surface area (Å²) in [7, 11) is 0. The molecule has 4 nitrogen and oxygen atoms in total. The van der Waals surface area contributed by atoms with Crippen molar-refractivity contribution in [2.45, 2.75) is 36.5 Å². The summed E-state index contributed by atoms with van der Waals surface area (Å²) in [5.74, 6) is 0.213. The molecule has 5 heteroatoms. The first-order chi connectivity index (χ1) is 10.7. The van der Waals surface area contributed by atoms with Crippen molar-refractivity contribution in [2.24, 2.45) is 0 Å². The predicted octanol–water partition coefficient (Wildman–Crippen LogP) is 2.08. The van der Waals surface area contributed by atoms with Gasteiger partial charge in [0.15, 0.2) is 0 Å². The molecule has 0 aromatic heterocycles. The minimum atomic E-state index is -0.0613. The van der Waals surface area contributed by atoms with Gasteiger partial charge in [-0.2, -0.15) is 0 Å². The third-order valence-corrected chi connectivity index (χ3v) is 5.33. The van der Waals surface area contributed by atoms with Gasteiger partial charge in [0.25, 0.3) is 0 Å². The molecular formula is C17H26N2O2S. The van der Waals surface area contributed by atoms with E-state index in [1.807, 2.05) is 42.2 Å². The van der Waals surface area contributed by atoms with Gasteiger partial charge in [-0.05, 0) is 25.5 Å². The molecule has 0 radical (unpaired) electrons. The lowest BCUT2D eigenvalue weighted by Gasteiger charge is -2.39. The van der Waals surface area contributed by atoms with Gasteiger partial charge >= 0.3 is 0 Å². The summed E-state index contributed by atoms with van der Waals surface area (Å²) >= 11 is 1.62. The number of carbonyl (C=O) groups excluding carboxylic acids is 1. The van der Waals surface area contributed by atoms with E-state index < -0.39 is 0 Å². The Morgan fingerprint density at radius 1 is 1.23 bits per heavy atom. The average molecular weight is 322 g/mol. The van der Waals surface area contributed by atoms with Crippen LogP contribution in [0, 0.1) is 0 Å². The molecular weight excluding hydrogens is 296 g/mol. The Morgan fingerprint density at radius 2 is 1.86 bits per heavy atom. The molecule has 0 spiro atoms. The van der Waals surface area contributed by atoms with Gasteiger partial charge in [0.05, 0.1) is 11.9 Å². The molecule has 1 heterocycles. The second-order valence-corrected chi connectivity index (χ2v) is 7.09. The molecule has 1 amide bonds. The number of amides is 1. The van der Waals surface area contributed by atoms with E-state index in [9.17, 15) is 9.90 Å². The Balaban J connectivity index is 1.84. The molecule has 1 aromatic carbocycles. The second kappa shape index (κ2) is 8.56. The van der Waals surface area contributed by atoms with Crippen molar-refractivity contribution in [3.8, 4) is 0 Å². The maximum atomic E-state index is 12.6. The van der Waals surface area contributed by atoms with Crippen LogP contribution in [-0.4, -0.2) is 64.9 Å². The summed E-state index contributed by atoms with van der Waals surface area (Å²) in [5, 5.41) is 9.32. The minimum Gasteiger partial charge on any atom is -0.395 e. The zero-order valence-electron chi connectivity index (χ0n) is 13.4. The summed E-state index contributed by atoms with van der Waals surface area (Å²) in [5.41, 5.74) is 0. The summed E-state index contributed by atoms with van der Waals surface area (Å²) in [6.45, 7) is 7.50. The molecule has 2 atom stereocenters. The molecule has 2 unspecified atom stereocenters. The van der Waals surface area contributed by atoms with Crippen LogP contribution in [0.4, 0.5) is 0 Å². The van der Waals surface area contributed by atoms with E-state index in [4.69, 9.17) is 0 Å². The summed E-state index contributed by atoms with van der Waals surface area (Å²) in [6, 6.07) is 10.3. The second-order valence-electron chi connectivity index (χ2n) is 5.68. The van der Waals surface area contributed by atoms with Gasteiger partial charge in [0, 0.05) is 37.1 Å². The van der Waals surface area contributed by atoms with Crippen LogP contribution in [-0.2, 0) is 4.79 Å². The summed E-state index contributed by atoms with van der Waals surface area (Å²) < 4.78 is 0. The highest BCUT2D eigenvalue weighted by Crippen LogP contribution is 2.24. The maximum absolute atomic E-state index is 12.6. The molecule has 0 bridgehead atoms. The van der Waals surface area contributed by atoms with Crippen molar-refractivity contribution in [3.05, 3.63) is 30.3 Å². The monoisotopic (exact) mass is 322 g/mol. The summed E-state index contributed by atoms with van der Waals surface area (Å²) in [4.78, 5) is 17.9. The largest absolute Gasteiger partial charge is 0.395 e. The van der Waals surface area contributed by atoms with E-state index in [0.29, 0.717) is 0 Å². The van der Waals surface area contributed by atoms with Gasteiger partial charge in [0.1, 0.15) is 0 Å². The first kappa shape index (κ1) is 17.3. The summed E-state index contributed by atoms with van der Waals surface area (Å²) in [6.07, 6.45) is 0.949. The third-order valence-electron chi connectivity index (χ3n) is 4.23. The molecule has 1 aliphatic heterocycles. The number of thioether (sulfide) groups is 1. The highest BCUT2D eigenvalue weighted by Gasteiger charge is 2.27. The molecule has 0 saturated carbocycles. The first-order valence-corrected chi connectivity index (χ1v) is 8.89. The van der Waals surface area contributed by atoms with Crippen LogP contribution in [0.15, 0.2) is 35.2 Å². The van der Waals surface area contributed by atoms with Gasteiger partial charge in [-0.25, -0.2) is 0 Å². The number of benzene rings is 1. The number of hydrogen-bond donors (Lipinski definition) is 1. The molecule has 1 saturated heterocycles. The highest BCUT2D eigenvalue weighted by molar-refractivity contribution is 8.00. The molecule has 1 aliphatic rings. The van der Waals surface area contributed by atoms with Gasteiger partial charge in [0.2, 0.25) is 5.91 Å². The zero-order valence-corrected chi connectivity index (χ0v) is 14.3. The molecule has 2 rings (SSSR count). The average Bonchev–Trinajstić information content (AvgIpc) is 2.57. The van der Waals surface area contributed by atoms with Gasteiger partial charge < -0.3 is 10.0 Å². The van der Waals surface area contributed by atoms with Crippen LogP contribution in [0.1, 0.15) is 20.3 Å². The van der Waals surface area contributed by atoms with Crippen molar-refractivity contribution in [1.29, 1.82) is 0 Å². The van der Waals surface area contributed by atoms with Crippen molar-refractivity contribution in [1.82, 2.24) is 9.80 Å². The molecule has 122 valence electrons. The van der Waals surface area contributed by atoms with E-state index in [-0.39, 0.29) is 23.8 Å². The SMILES string of the molecule is CCC(CO)N1CCN(C(=O)C(C)Sc2ccccc2)CC1. The Hall–Kier alpha value is -1.04. The van der Waals surface area contributed by atoms with E-state index in [1.54, 1.807) is 11.8 Å². The van der Waals surface area contributed by atoms with E-state index in [1.165, 1.54) is 0 Å². The van der Waals surface area contributed by atoms with Crippen LogP contribution in [0.2, 0.25) is 0 Å². The van der Waals surface area contributed by atoms with Crippen LogP contribution in [0.25, 0.3) is 0 Å². The van der Waals surface area contributed by atoms with E-state index in [2.05, 4.69) is 11.8 Å². The quantitative estimate of drug-likeness (QED) is 0.815. The predicted molar refractivity (Wildman–Crippen MR) is 91.1 cm³/mol. The third kappa shape index (κ3) is 4.48. The van der Waals surface area contributed by atoms with Crippen molar-refractivity contribution < 1.29 is 9.90 Å². The van der Waals surface area contributed by atoms with Crippen molar-refractivity contribution in [2.75, 3.05) is 32.8 Å². The molecule has 1 fully saturated rings. The number of carbonyl (C=O) groups is 1. The fourth-order valence-corrected chi connectivity index (χ4v) is 3.79. The van der Waals surface area contributed by atoms with Gasteiger partial charge in [-0.15, -0.1) is 11.8 Å². The van der Waals surface area contributed by atoms with E-state index >= 15 is 0 Å².